The van der Waals surface area contributed by atoms with E-state index in [1.165, 1.54) is 72.1 Å². The molecule has 41 heavy (non-hydrogen) atoms. The van der Waals surface area contributed by atoms with Gasteiger partial charge in [-0.25, -0.2) is 0 Å². The van der Waals surface area contributed by atoms with E-state index in [0.29, 0.717) is 0 Å². The molecule has 0 atom stereocenters. The summed E-state index contributed by atoms with van der Waals surface area (Å²) >= 11 is 0. The van der Waals surface area contributed by atoms with Gasteiger partial charge in [-0.2, -0.15) is 0 Å². The van der Waals surface area contributed by atoms with E-state index in [4.69, 9.17) is 0 Å². The second-order valence-corrected chi connectivity index (χ2v) is 12.7. The Morgan fingerprint density at radius 1 is 0.463 bits per heavy atom. The topological polar surface area (TPSA) is 12.0 Å². The van der Waals surface area contributed by atoms with Crippen molar-refractivity contribution in [3.63, 3.8) is 0 Å². The third-order valence-electron chi connectivity index (χ3n) is 9.66. The maximum absolute atomic E-state index is 3.83. The minimum atomic E-state index is -0.101. The van der Waals surface area contributed by atoms with Crippen LogP contribution in [-0.4, -0.2) is 0 Å². The number of fused-ring (bicyclic) bond motifs is 7. The highest BCUT2D eigenvalue weighted by atomic mass is 14.9. The Kier molecular flexibility index (Phi) is 4.98. The van der Waals surface area contributed by atoms with Crippen LogP contribution in [0.2, 0.25) is 0 Å². The van der Waals surface area contributed by atoms with Gasteiger partial charge >= 0.3 is 0 Å². The molecule has 0 aromatic heterocycles. The molecule has 2 aliphatic carbocycles. The van der Waals surface area contributed by atoms with Gasteiger partial charge in [0.25, 0.3) is 0 Å². The van der Waals surface area contributed by atoms with E-state index < -0.39 is 0 Å². The lowest BCUT2D eigenvalue weighted by Gasteiger charge is -2.23. The molecular weight excluding hydrogens is 494 g/mol. The summed E-state index contributed by atoms with van der Waals surface area (Å²) in [5.74, 6) is 0. The van der Waals surface area contributed by atoms with E-state index in [1.807, 2.05) is 0 Å². The Hall–Kier alpha value is -4.62. The largest absolute Gasteiger partial charge is 0.355 e. The molecule has 1 heteroatoms. The molecule has 0 saturated heterocycles. The predicted molar refractivity (Wildman–Crippen MR) is 174 cm³/mol. The molecule has 2 aliphatic rings. The summed E-state index contributed by atoms with van der Waals surface area (Å²) < 4.78 is 0. The molecule has 8 rings (SSSR count). The maximum Gasteiger partial charge on any atom is 0.0467 e. The summed E-state index contributed by atoms with van der Waals surface area (Å²) in [6.07, 6.45) is 0. The Bertz CT molecular complexity index is 2020. The van der Waals surface area contributed by atoms with Gasteiger partial charge in [-0.15, -0.1) is 0 Å². The Morgan fingerprint density at radius 3 is 1.98 bits per heavy atom. The second kappa shape index (κ2) is 8.44. The van der Waals surface area contributed by atoms with Crippen molar-refractivity contribution in [1.29, 1.82) is 0 Å². The normalized spacial score (nSPS) is 15.2. The van der Waals surface area contributed by atoms with E-state index in [0.717, 1.165) is 5.69 Å². The fraction of sp³-hybridized carbons (Fsp3) is 0.150. The van der Waals surface area contributed by atoms with Crippen LogP contribution in [-0.2, 0) is 10.8 Å². The van der Waals surface area contributed by atoms with Crippen LogP contribution in [0.15, 0.2) is 121 Å². The molecule has 6 aromatic rings. The Morgan fingerprint density at radius 2 is 1.10 bits per heavy atom. The summed E-state index contributed by atoms with van der Waals surface area (Å²) in [7, 11) is 0. The van der Waals surface area contributed by atoms with Crippen molar-refractivity contribution >= 4 is 22.1 Å². The highest BCUT2D eigenvalue weighted by Crippen LogP contribution is 2.53. The van der Waals surface area contributed by atoms with E-state index in [2.05, 4.69) is 154 Å². The van der Waals surface area contributed by atoms with Gasteiger partial charge < -0.3 is 5.32 Å². The first kappa shape index (κ1) is 24.2. The minimum Gasteiger partial charge on any atom is -0.355 e. The lowest BCUT2D eigenvalue weighted by atomic mass is 9.81. The Labute approximate surface area is 242 Å². The van der Waals surface area contributed by atoms with Gasteiger partial charge in [0.05, 0.1) is 0 Å². The van der Waals surface area contributed by atoms with Crippen LogP contribution in [0.3, 0.4) is 0 Å². The van der Waals surface area contributed by atoms with E-state index in [9.17, 15) is 0 Å². The third kappa shape index (κ3) is 3.42. The van der Waals surface area contributed by atoms with Crippen LogP contribution in [0.5, 0.6) is 0 Å². The molecule has 0 fully saturated rings. The lowest BCUT2D eigenvalue weighted by molar-refractivity contribution is 0.660. The van der Waals surface area contributed by atoms with Gasteiger partial charge in [0.15, 0.2) is 0 Å². The first-order valence-electron chi connectivity index (χ1n) is 14.6. The molecule has 0 spiro atoms. The van der Waals surface area contributed by atoms with Crippen LogP contribution in [0, 0.1) is 0 Å². The number of nitrogens with one attached hydrogen (secondary N) is 1. The molecule has 0 aliphatic heterocycles. The van der Waals surface area contributed by atoms with Crippen molar-refractivity contribution in [2.45, 2.75) is 38.5 Å². The number of benzene rings is 6. The molecule has 6 aromatic carbocycles. The molecule has 0 radical (unpaired) electrons. The monoisotopic (exact) mass is 527 g/mol. The third-order valence-corrected chi connectivity index (χ3v) is 9.66. The molecule has 198 valence electrons. The van der Waals surface area contributed by atoms with Crippen molar-refractivity contribution in [3.05, 3.63) is 144 Å². The van der Waals surface area contributed by atoms with E-state index in [-0.39, 0.29) is 10.8 Å². The molecule has 0 unspecified atom stereocenters. The zero-order valence-corrected chi connectivity index (χ0v) is 24.0. The zero-order chi connectivity index (χ0) is 27.9. The number of anilines is 2. The smallest absolute Gasteiger partial charge is 0.0467 e. The molecule has 1 nitrogen and oxygen atoms in total. The number of hydrogen-bond acceptors (Lipinski definition) is 1. The average Bonchev–Trinajstić information content (AvgIpc) is 3.37. The molecule has 0 saturated carbocycles. The fourth-order valence-electron chi connectivity index (χ4n) is 7.47. The van der Waals surface area contributed by atoms with Gasteiger partial charge in [-0.05, 0) is 85.1 Å². The fourth-order valence-corrected chi connectivity index (χ4v) is 7.47. The summed E-state index contributed by atoms with van der Waals surface area (Å²) in [4.78, 5) is 0. The first-order valence-corrected chi connectivity index (χ1v) is 14.6. The zero-order valence-electron chi connectivity index (χ0n) is 24.0. The van der Waals surface area contributed by atoms with Crippen LogP contribution >= 0.6 is 0 Å². The predicted octanol–water partition coefficient (Wildman–Crippen LogP) is 10.9. The maximum atomic E-state index is 3.83. The Balaban J connectivity index is 1.20. The number of rotatable bonds is 3. The van der Waals surface area contributed by atoms with Gasteiger partial charge in [0, 0.05) is 27.8 Å². The minimum absolute atomic E-state index is 0.00697. The van der Waals surface area contributed by atoms with Gasteiger partial charge in [-0.3, -0.25) is 0 Å². The van der Waals surface area contributed by atoms with Crippen molar-refractivity contribution in [2.75, 3.05) is 5.32 Å². The summed E-state index contributed by atoms with van der Waals surface area (Å²) in [5, 5.41) is 6.42. The van der Waals surface area contributed by atoms with Crippen LogP contribution in [0.25, 0.3) is 44.2 Å². The molecule has 0 amide bonds. The number of hydrogen-bond donors (Lipinski definition) is 1. The molecule has 0 heterocycles. The second-order valence-electron chi connectivity index (χ2n) is 12.7. The van der Waals surface area contributed by atoms with Crippen molar-refractivity contribution < 1.29 is 0 Å². The first-order chi connectivity index (χ1) is 19.8. The van der Waals surface area contributed by atoms with Crippen LogP contribution in [0.1, 0.15) is 49.9 Å². The standard InChI is InChI=1S/C40H33N/c1-39(2)33-16-8-7-14-32(33)38-34(39)17-10-18-37(38)41-27-20-22-31-30-21-19-26(23-35(30)40(3,4)36(31)24-27)29-15-9-12-25-11-5-6-13-28(25)29/h5-24,41H,1-4H3. The average molecular weight is 528 g/mol. The summed E-state index contributed by atoms with van der Waals surface area (Å²) in [6, 6.07) is 44.8. The van der Waals surface area contributed by atoms with E-state index >= 15 is 0 Å². The van der Waals surface area contributed by atoms with Crippen molar-refractivity contribution in [1.82, 2.24) is 0 Å². The lowest BCUT2D eigenvalue weighted by Crippen LogP contribution is -2.15. The van der Waals surface area contributed by atoms with Gasteiger partial charge in [0.1, 0.15) is 0 Å². The van der Waals surface area contributed by atoms with Crippen LogP contribution in [0.4, 0.5) is 11.4 Å². The quantitative estimate of drug-likeness (QED) is 0.241. The van der Waals surface area contributed by atoms with E-state index in [1.54, 1.807) is 0 Å². The molecule has 0 bridgehead atoms. The van der Waals surface area contributed by atoms with Crippen LogP contribution < -0.4 is 5.32 Å². The molecule has 1 N–H and O–H groups in total. The van der Waals surface area contributed by atoms with Crippen molar-refractivity contribution in [3.8, 4) is 33.4 Å². The SMILES string of the molecule is CC1(C)c2cc(Nc3cccc4c3-c3ccccc3C4(C)C)ccc2-c2ccc(-c3cccc4ccccc34)cc21. The highest BCUT2D eigenvalue weighted by molar-refractivity contribution is 5.98. The summed E-state index contributed by atoms with van der Waals surface area (Å²) in [6.45, 7) is 9.41. The van der Waals surface area contributed by atoms with Crippen molar-refractivity contribution in [2.24, 2.45) is 0 Å². The molecular formula is C40H33N. The highest BCUT2D eigenvalue weighted by Gasteiger charge is 2.38. The summed E-state index contributed by atoms with van der Waals surface area (Å²) in [5.41, 5.74) is 15.7. The van der Waals surface area contributed by atoms with Gasteiger partial charge in [-0.1, -0.05) is 125 Å². The van der Waals surface area contributed by atoms with Gasteiger partial charge in [0.2, 0.25) is 0 Å².